The molecular weight excluding hydrogens is 550 g/mol. The number of fused-ring (bicyclic) bond motifs is 1. The molecule has 0 aliphatic carbocycles. The van der Waals surface area contributed by atoms with E-state index in [1.54, 1.807) is 24.3 Å². The first-order chi connectivity index (χ1) is 19.2. The molecule has 4 aromatic rings. The average molecular weight is 580 g/mol. The Morgan fingerprint density at radius 2 is 1.52 bits per heavy atom. The average Bonchev–Trinajstić information content (AvgIpc) is 2.97. The van der Waals surface area contributed by atoms with Crippen LogP contribution in [0.4, 0.5) is 11.4 Å². The first-order valence-electron chi connectivity index (χ1n) is 12.7. The fourth-order valence-corrected chi connectivity index (χ4v) is 7.35. The highest BCUT2D eigenvalue weighted by Gasteiger charge is 2.33. The summed E-state index contributed by atoms with van der Waals surface area (Å²) in [6, 6.07) is 24.9. The molecule has 0 radical (unpaired) electrons. The minimum atomic E-state index is -3.87. The molecule has 1 fully saturated rings. The van der Waals surface area contributed by atoms with Gasteiger partial charge in [-0.05, 0) is 72.8 Å². The Morgan fingerprint density at radius 1 is 0.850 bits per heavy atom. The summed E-state index contributed by atoms with van der Waals surface area (Å²) < 4.78 is 61.4. The molecule has 0 spiro atoms. The Hall–Kier alpha value is -3.93. The van der Waals surface area contributed by atoms with Crippen molar-refractivity contribution in [2.24, 2.45) is 5.92 Å². The van der Waals surface area contributed by atoms with Gasteiger partial charge in [0.25, 0.3) is 10.0 Å². The normalized spacial score (nSPS) is 16.4. The second kappa shape index (κ2) is 11.3. The molecule has 2 N–H and O–H groups in total. The van der Waals surface area contributed by atoms with E-state index < -0.39 is 26.0 Å². The van der Waals surface area contributed by atoms with Crippen LogP contribution in [0.2, 0.25) is 0 Å². The van der Waals surface area contributed by atoms with Gasteiger partial charge in [0.1, 0.15) is 5.75 Å². The van der Waals surface area contributed by atoms with Gasteiger partial charge in [0.05, 0.1) is 28.5 Å². The summed E-state index contributed by atoms with van der Waals surface area (Å²) in [5.41, 5.74) is 0.895. The van der Waals surface area contributed by atoms with Gasteiger partial charge in [-0.15, -0.1) is 0 Å². The summed E-state index contributed by atoms with van der Waals surface area (Å²) in [7, 11) is -6.13. The third kappa shape index (κ3) is 5.81. The zero-order valence-corrected chi connectivity index (χ0v) is 23.4. The van der Waals surface area contributed by atoms with Crippen molar-refractivity contribution in [3.05, 3.63) is 91.0 Å². The number of carbonyl (C=O) groups is 1. The molecule has 4 aromatic carbocycles. The van der Waals surface area contributed by atoms with Crippen LogP contribution in [0.15, 0.2) is 101 Å². The summed E-state index contributed by atoms with van der Waals surface area (Å²) in [4.78, 5) is 13.2. The van der Waals surface area contributed by atoms with E-state index in [1.165, 1.54) is 47.8 Å². The minimum Gasteiger partial charge on any atom is -0.497 e. The predicted molar refractivity (Wildman–Crippen MR) is 154 cm³/mol. The number of hydrogen-bond acceptors (Lipinski definition) is 6. The number of carbonyl (C=O) groups excluding carboxylic acids is 1. The molecular formula is C29H29N3O6S2. The van der Waals surface area contributed by atoms with Crippen LogP contribution in [0.1, 0.15) is 12.8 Å². The van der Waals surface area contributed by atoms with Gasteiger partial charge in [-0.1, -0.05) is 36.4 Å². The van der Waals surface area contributed by atoms with Crippen LogP contribution < -0.4 is 14.8 Å². The number of rotatable bonds is 8. The maximum atomic E-state index is 13.1. The van der Waals surface area contributed by atoms with Crippen molar-refractivity contribution in [2.45, 2.75) is 22.6 Å². The van der Waals surface area contributed by atoms with E-state index >= 15 is 0 Å². The van der Waals surface area contributed by atoms with Crippen LogP contribution in [0.3, 0.4) is 0 Å². The van der Waals surface area contributed by atoms with Gasteiger partial charge in [-0.2, -0.15) is 4.31 Å². The van der Waals surface area contributed by atoms with Crippen molar-refractivity contribution in [3.63, 3.8) is 0 Å². The Bertz CT molecular complexity index is 1730. The monoisotopic (exact) mass is 579 g/mol. The first kappa shape index (κ1) is 27.6. The zero-order valence-electron chi connectivity index (χ0n) is 21.8. The molecule has 0 aromatic heterocycles. The molecule has 9 nitrogen and oxygen atoms in total. The maximum absolute atomic E-state index is 13.1. The molecule has 0 unspecified atom stereocenters. The third-order valence-corrected chi connectivity index (χ3v) is 10.2. The summed E-state index contributed by atoms with van der Waals surface area (Å²) in [6.07, 6.45) is 1.09. The van der Waals surface area contributed by atoms with Crippen molar-refractivity contribution in [1.29, 1.82) is 0 Å². The van der Waals surface area contributed by atoms with Crippen molar-refractivity contribution in [3.8, 4) is 5.75 Å². The first-order valence-corrected chi connectivity index (χ1v) is 15.7. The van der Waals surface area contributed by atoms with E-state index in [9.17, 15) is 21.6 Å². The molecule has 1 atom stereocenters. The number of anilines is 2. The number of amides is 1. The molecule has 5 rings (SSSR count). The number of ether oxygens (including phenoxy) is 1. The van der Waals surface area contributed by atoms with E-state index in [-0.39, 0.29) is 22.2 Å². The highest BCUT2D eigenvalue weighted by atomic mass is 32.2. The summed E-state index contributed by atoms with van der Waals surface area (Å²) >= 11 is 0. The SMILES string of the molecule is COc1ccc(S(=O)(=O)N2CCC[C@H](C(=O)Nc3ccc(S(=O)(=O)Nc4cccc5ccccc45)cc3)C2)cc1. The molecule has 0 saturated carbocycles. The van der Waals surface area contributed by atoms with Crippen LogP contribution in [-0.4, -0.2) is 47.2 Å². The molecule has 11 heteroatoms. The standard InChI is InChI=1S/C29H29N3O6S2/c1-38-24-13-17-26(18-14-24)40(36,37)32-19-5-8-22(20-32)29(33)30-23-11-15-25(16-12-23)39(34,35)31-28-10-4-7-21-6-2-3-9-27(21)28/h2-4,6-7,9-18,22,31H,5,8,19-20H2,1H3,(H,30,33)/t22-/m0/s1. The molecule has 1 saturated heterocycles. The van der Waals surface area contributed by atoms with Gasteiger partial charge in [0.15, 0.2) is 0 Å². The van der Waals surface area contributed by atoms with Crippen LogP contribution in [-0.2, 0) is 24.8 Å². The van der Waals surface area contributed by atoms with E-state index in [0.717, 1.165) is 10.8 Å². The van der Waals surface area contributed by atoms with Crippen molar-refractivity contribution in [1.82, 2.24) is 4.31 Å². The van der Waals surface area contributed by atoms with Gasteiger partial charge in [0.2, 0.25) is 15.9 Å². The summed E-state index contributed by atoms with van der Waals surface area (Å²) in [5.74, 6) is -0.310. The van der Waals surface area contributed by atoms with E-state index in [1.807, 2.05) is 30.3 Å². The largest absolute Gasteiger partial charge is 0.497 e. The van der Waals surface area contributed by atoms with E-state index in [4.69, 9.17) is 4.74 Å². The molecule has 40 heavy (non-hydrogen) atoms. The van der Waals surface area contributed by atoms with Crippen LogP contribution in [0.25, 0.3) is 10.8 Å². The lowest BCUT2D eigenvalue weighted by atomic mass is 9.99. The van der Waals surface area contributed by atoms with Crippen molar-refractivity contribution in [2.75, 3.05) is 30.2 Å². The zero-order chi connectivity index (χ0) is 28.3. The third-order valence-electron chi connectivity index (χ3n) is 6.92. The number of nitrogens with one attached hydrogen (secondary N) is 2. The fourth-order valence-electron chi connectivity index (χ4n) is 4.75. The second-order valence-electron chi connectivity index (χ2n) is 9.52. The Balaban J connectivity index is 1.25. The smallest absolute Gasteiger partial charge is 0.261 e. The van der Waals surface area contributed by atoms with Crippen molar-refractivity contribution >= 4 is 48.1 Å². The molecule has 208 valence electrons. The summed E-state index contributed by atoms with van der Waals surface area (Å²) in [6.45, 7) is 0.385. The van der Waals surface area contributed by atoms with Gasteiger partial charge in [-0.3, -0.25) is 9.52 Å². The lowest BCUT2D eigenvalue weighted by molar-refractivity contribution is -0.120. The number of nitrogens with zero attached hydrogens (tertiary/aromatic N) is 1. The molecule has 1 amide bonds. The van der Waals surface area contributed by atoms with Crippen molar-refractivity contribution < 1.29 is 26.4 Å². The molecule has 1 aliphatic heterocycles. The summed E-state index contributed by atoms with van der Waals surface area (Å²) in [5, 5.41) is 4.50. The number of benzene rings is 4. The quantitative estimate of drug-likeness (QED) is 0.312. The number of methoxy groups -OCH3 is 1. The van der Waals surface area contributed by atoms with Gasteiger partial charge in [0, 0.05) is 24.2 Å². The number of hydrogen-bond donors (Lipinski definition) is 2. The van der Waals surface area contributed by atoms with E-state index in [0.29, 0.717) is 36.5 Å². The Kier molecular flexibility index (Phi) is 7.79. The lowest BCUT2D eigenvalue weighted by Crippen LogP contribution is -2.43. The highest BCUT2D eigenvalue weighted by Crippen LogP contribution is 2.28. The maximum Gasteiger partial charge on any atom is 0.261 e. The molecule has 0 bridgehead atoms. The van der Waals surface area contributed by atoms with Gasteiger partial charge >= 0.3 is 0 Å². The fraction of sp³-hybridized carbons (Fsp3) is 0.207. The van der Waals surface area contributed by atoms with Gasteiger partial charge in [-0.25, -0.2) is 16.8 Å². The number of piperidine rings is 1. The van der Waals surface area contributed by atoms with E-state index in [2.05, 4.69) is 10.0 Å². The Labute approximate surface area is 233 Å². The highest BCUT2D eigenvalue weighted by molar-refractivity contribution is 7.92. The minimum absolute atomic E-state index is 0.0489. The van der Waals surface area contributed by atoms with Crippen LogP contribution in [0.5, 0.6) is 5.75 Å². The second-order valence-corrected chi connectivity index (χ2v) is 13.1. The van der Waals surface area contributed by atoms with Gasteiger partial charge < -0.3 is 10.1 Å². The lowest BCUT2D eigenvalue weighted by Gasteiger charge is -2.31. The Morgan fingerprint density at radius 3 is 2.25 bits per heavy atom. The van der Waals surface area contributed by atoms with Crippen LogP contribution >= 0.6 is 0 Å². The van der Waals surface area contributed by atoms with Crippen LogP contribution in [0, 0.1) is 5.92 Å². The molecule has 1 aliphatic rings. The predicted octanol–water partition coefficient (Wildman–Crippen LogP) is 4.69. The molecule has 1 heterocycles. The number of sulfonamides is 2. The topological polar surface area (TPSA) is 122 Å².